The molecule has 94 valence electrons. The lowest BCUT2D eigenvalue weighted by Gasteiger charge is -1.98. The zero-order valence-electron chi connectivity index (χ0n) is 9.64. The Labute approximate surface area is 107 Å². The van der Waals surface area contributed by atoms with Crippen molar-refractivity contribution in [2.24, 2.45) is 0 Å². The molecule has 6 heteroatoms. The molecule has 3 aromatic rings. The number of pyridine rings is 1. The number of rotatable bonds is 2. The number of nitrogens with one attached hydrogen (secondary N) is 1. The zero-order valence-corrected chi connectivity index (χ0v) is 9.64. The highest BCUT2D eigenvalue weighted by Crippen LogP contribution is 2.24. The molecule has 0 fully saturated rings. The molecule has 1 aromatic carbocycles. The molecule has 0 saturated heterocycles. The largest absolute Gasteiger partial charge is 0.257 e. The van der Waals surface area contributed by atoms with Crippen LogP contribution in [0.1, 0.15) is 0 Å². The number of hydrogen-bond donors (Lipinski definition) is 1. The number of aromatic amines is 1. The van der Waals surface area contributed by atoms with Crippen LogP contribution in [0.5, 0.6) is 0 Å². The summed E-state index contributed by atoms with van der Waals surface area (Å²) >= 11 is 0. The minimum absolute atomic E-state index is 0.0312. The monoisotopic (exact) mass is 258 g/mol. The fourth-order valence-corrected chi connectivity index (χ4v) is 1.70. The van der Waals surface area contributed by atoms with Gasteiger partial charge in [0.2, 0.25) is 0 Å². The van der Waals surface area contributed by atoms with Gasteiger partial charge in [-0.1, -0.05) is 12.1 Å². The summed E-state index contributed by atoms with van der Waals surface area (Å²) in [7, 11) is 0. The standard InChI is InChI=1S/C13H8F2N4/c14-8-4-3-5-9(15)11(8)13-17-12(18-19-13)10-6-1-2-7-16-10/h1-7H,(H,17,18,19). The average molecular weight is 258 g/mol. The van der Waals surface area contributed by atoms with Crippen LogP contribution >= 0.6 is 0 Å². The second kappa shape index (κ2) is 4.56. The molecular formula is C13H8F2N4. The maximum atomic E-state index is 13.6. The van der Waals surface area contributed by atoms with Crippen molar-refractivity contribution >= 4 is 0 Å². The van der Waals surface area contributed by atoms with Crippen molar-refractivity contribution in [1.82, 2.24) is 20.2 Å². The molecule has 0 unspecified atom stereocenters. The first kappa shape index (κ1) is 11.5. The Morgan fingerprint density at radius 3 is 2.42 bits per heavy atom. The van der Waals surface area contributed by atoms with Crippen molar-refractivity contribution in [2.45, 2.75) is 0 Å². The molecule has 0 aliphatic rings. The number of aromatic nitrogens is 4. The van der Waals surface area contributed by atoms with E-state index >= 15 is 0 Å². The van der Waals surface area contributed by atoms with Crippen LogP contribution in [-0.2, 0) is 0 Å². The van der Waals surface area contributed by atoms with Gasteiger partial charge < -0.3 is 0 Å². The van der Waals surface area contributed by atoms with Crippen LogP contribution in [0, 0.1) is 11.6 Å². The lowest BCUT2D eigenvalue weighted by atomic mass is 10.2. The van der Waals surface area contributed by atoms with Crippen molar-refractivity contribution < 1.29 is 8.78 Å². The molecular weight excluding hydrogens is 250 g/mol. The molecule has 0 amide bonds. The van der Waals surface area contributed by atoms with Crippen LogP contribution in [0.2, 0.25) is 0 Å². The molecule has 19 heavy (non-hydrogen) atoms. The van der Waals surface area contributed by atoms with Crippen molar-refractivity contribution in [3.63, 3.8) is 0 Å². The summed E-state index contributed by atoms with van der Waals surface area (Å²) in [6, 6.07) is 8.89. The fourth-order valence-electron chi connectivity index (χ4n) is 1.70. The number of hydrogen-bond acceptors (Lipinski definition) is 3. The zero-order chi connectivity index (χ0) is 13.2. The van der Waals surface area contributed by atoms with E-state index in [2.05, 4.69) is 20.2 Å². The third-order valence-corrected chi connectivity index (χ3v) is 2.58. The Hall–Kier alpha value is -2.63. The highest BCUT2D eigenvalue weighted by molar-refractivity contribution is 5.60. The van der Waals surface area contributed by atoms with Gasteiger partial charge in [0.1, 0.15) is 17.3 Å². The van der Waals surface area contributed by atoms with E-state index in [-0.39, 0.29) is 11.4 Å². The summed E-state index contributed by atoms with van der Waals surface area (Å²) in [5.74, 6) is -1.08. The van der Waals surface area contributed by atoms with Gasteiger partial charge in [0, 0.05) is 6.20 Å². The summed E-state index contributed by atoms with van der Waals surface area (Å²) in [5.41, 5.74) is 0.305. The molecule has 0 aliphatic carbocycles. The van der Waals surface area contributed by atoms with E-state index in [0.29, 0.717) is 11.5 Å². The Balaban J connectivity index is 2.07. The van der Waals surface area contributed by atoms with E-state index in [1.807, 2.05) is 0 Å². The molecule has 0 saturated carbocycles. The molecule has 3 rings (SSSR count). The number of H-pyrrole nitrogens is 1. The van der Waals surface area contributed by atoms with Gasteiger partial charge in [-0.15, -0.1) is 0 Å². The average Bonchev–Trinajstić information content (AvgIpc) is 2.89. The summed E-state index contributed by atoms with van der Waals surface area (Å²) in [5, 5.41) is 6.45. The van der Waals surface area contributed by atoms with E-state index in [4.69, 9.17) is 0 Å². The predicted octanol–water partition coefficient (Wildman–Crippen LogP) is 2.81. The molecule has 4 nitrogen and oxygen atoms in total. The normalized spacial score (nSPS) is 10.6. The highest BCUT2D eigenvalue weighted by Gasteiger charge is 2.16. The van der Waals surface area contributed by atoms with E-state index < -0.39 is 11.6 Å². The van der Waals surface area contributed by atoms with Gasteiger partial charge in [-0.3, -0.25) is 10.1 Å². The molecule has 0 bridgehead atoms. The minimum atomic E-state index is -0.702. The van der Waals surface area contributed by atoms with Gasteiger partial charge in [-0.25, -0.2) is 13.8 Å². The van der Waals surface area contributed by atoms with Gasteiger partial charge in [-0.2, -0.15) is 5.10 Å². The Bertz CT molecular complexity index is 689. The lowest BCUT2D eigenvalue weighted by molar-refractivity contribution is 0.587. The third kappa shape index (κ3) is 2.08. The maximum absolute atomic E-state index is 13.6. The van der Waals surface area contributed by atoms with Gasteiger partial charge in [0.15, 0.2) is 11.6 Å². The van der Waals surface area contributed by atoms with E-state index in [9.17, 15) is 8.78 Å². The van der Waals surface area contributed by atoms with Gasteiger partial charge in [-0.05, 0) is 24.3 Å². The Morgan fingerprint density at radius 2 is 1.74 bits per heavy atom. The highest BCUT2D eigenvalue weighted by atomic mass is 19.1. The maximum Gasteiger partial charge on any atom is 0.187 e. The van der Waals surface area contributed by atoms with Crippen LogP contribution in [0.15, 0.2) is 42.6 Å². The van der Waals surface area contributed by atoms with E-state index in [1.54, 1.807) is 24.4 Å². The van der Waals surface area contributed by atoms with Crippen molar-refractivity contribution in [1.29, 1.82) is 0 Å². The summed E-state index contributed by atoms with van der Waals surface area (Å²) in [6.45, 7) is 0. The van der Waals surface area contributed by atoms with Crippen LogP contribution < -0.4 is 0 Å². The molecule has 2 aromatic heterocycles. The summed E-state index contributed by atoms with van der Waals surface area (Å²) in [4.78, 5) is 8.14. The molecule has 2 heterocycles. The molecule has 0 radical (unpaired) electrons. The summed E-state index contributed by atoms with van der Waals surface area (Å²) in [6.07, 6.45) is 1.60. The third-order valence-electron chi connectivity index (χ3n) is 2.58. The molecule has 0 aliphatic heterocycles. The van der Waals surface area contributed by atoms with Crippen LogP contribution in [0.4, 0.5) is 8.78 Å². The fraction of sp³-hybridized carbons (Fsp3) is 0. The second-order valence-electron chi connectivity index (χ2n) is 3.82. The predicted molar refractivity (Wildman–Crippen MR) is 65.0 cm³/mol. The van der Waals surface area contributed by atoms with Crippen LogP contribution in [0.25, 0.3) is 22.9 Å². The van der Waals surface area contributed by atoms with Gasteiger partial charge in [0.05, 0.1) is 5.56 Å². The lowest BCUT2D eigenvalue weighted by Crippen LogP contribution is -1.91. The molecule has 0 spiro atoms. The van der Waals surface area contributed by atoms with Crippen molar-refractivity contribution in [3.05, 3.63) is 54.2 Å². The van der Waals surface area contributed by atoms with E-state index in [0.717, 1.165) is 12.1 Å². The second-order valence-corrected chi connectivity index (χ2v) is 3.82. The summed E-state index contributed by atoms with van der Waals surface area (Å²) < 4.78 is 27.2. The van der Waals surface area contributed by atoms with Crippen molar-refractivity contribution in [3.8, 4) is 22.9 Å². The molecule has 1 N–H and O–H groups in total. The molecule has 0 atom stereocenters. The first-order valence-electron chi connectivity index (χ1n) is 5.54. The smallest absolute Gasteiger partial charge is 0.187 e. The van der Waals surface area contributed by atoms with Gasteiger partial charge in [0.25, 0.3) is 0 Å². The van der Waals surface area contributed by atoms with Crippen LogP contribution in [0.3, 0.4) is 0 Å². The Kier molecular flexibility index (Phi) is 2.75. The first-order chi connectivity index (χ1) is 9.25. The van der Waals surface area contributed by atoms with E-state index in [1.165, 1.54) is 6.07 Å². The van der Waals surface area contributed by atoms with Crippen molar-refractivity contribution in [2.75, 3.05) is 0 Å². The Morgan fingerprint density at radius 1 is 0.947 bits per heavy atom. The number of benzene rings is 1. The van der Waals surface area contributed by atoms with Crippen LogP contribution in [-0.4, -0.2) is 20.2 Å². The quantitative estimate of drug-likeness (QED) is 0.769. The number of nitrogens with zero attached hydrogens (tertiary/aromatic N) is 3. The minimum Gasteiger partial charge on any atom is -0.257 e. The first-order valence-corrected chi connectivity index (χ1v) is 5.54. The number of halogens is 2. The van der Waals surface area contributed by atoms with Gasteiger partial charge >= 0.3 is 0 Å². The SMILES string of the molecule is Fc1cccc(F)c1-c1n[nH]c(-c2ccccn2)n1. The topological polar surface area (TPSA) is 54.5 Å².